The summed E-state index contributed by atoms with van der Waals surface area (Å²) in [6.07, 6.45) is 1.79. The third-order valence-corrected chi connectivity index (χ3v) is 1.70. The van der Waals surface area contributed by atoms with E-state index in [1.54, 1.807) is 6.20 Å². The second-order valence-corrected chi connectivity index (χ2v) is 2.54. The molecule has 0 spiro atoms. The Kier molecular flexibility index (Phi) is 3.76. The van der Waals surface area contributed by atoms with Gasteiger partial charge >= 0.3 is 0 Å². The highest BCUT2D eigenvalue weighted by Crippen LogP contribution is 1.96. The topological polar surface area (TPSA) is 50.1 Å². The minimum absolute atomic E-state index is 0.181. The van der Waals surface area contributed by atoms with Crippen LogP contribution < -0.4 is 5.32 Å². The van der Waals surface area contributed by atoms with Crippen LogP contribution in [0.1, 0.15) is 12.6 Å². The quantitative estimate of drug-likeness (QED) is 0.609. The van der Waals surface area contributed by atoms with Crippen molar-refractivity contribution in [1.29, 1.82) is 0 Å². The van der Waals surface area contributed by atoms with Gasteiger partial charge in [0.1, 0.15) is 0 Å². The summed E-state index contributed by atoms with van der Waals surface area (Å²) >= 11 is 0. The molecular formula is C8H15N3O. The lowest BCUT2D eigenvalue weighted by atomic mass is 10.4. The molecule has 0 aliphatic carbocycles. The normalized spacial score (nSPS) is 10.5. The number of hydrogen-bond donors (Lipinski definition) is 2. The highest BCUT2D eigenvalue weighted by Gasteiger charge is 1.97. The maximum absolute atomic E-state index is 8.54. The number of nitrogens with zero attached hydrogens (tertiary/aromatic N) is 2. The van der Waals surface area contributed by atoms with Gasteiger partial charge in [-0.3, -0.25) is 4.68 Å². The second-order valence-electron chi connectivity index (χ2n) is 2.54. The summed E-state index contributed by atoms with van der Waals surface area (Å²) in [5.41, 5.74) is 1.16. The van der Waals surface area contributed by atoms with Crippen LogP contribution in [0.5, 0.6) is 0 Å². The Labute approximate surface area is 72.2 Å². The van der Waals surface area contributed by atoms with Crippen LogP contribution in [-0.2, 0) is 13.1 Å². The van der Waals surface area contributed by atoms with Crippen LogP contribution in [0.25, 0.3) is 0 Å². The van der Waals surface area contributed by atoms with Crippen LogP contribution >= 0.6 is 0 Å². The summed E-state index contributed by atoms with van der Waals surface area (Å²) in [4.78, 5) is 0. The first-order valence-corrected chi connectivity index (χ1v) is 4.20. The summed E-state index contributed by atoms with van der Waals surface area (Å²) in [6, 6.07) is 1.98. The van der Waals surface area contributed by atoms with E-state index in [-0.39, 0.29) is 6.61 Å². The zero-order valence-corrected chi connectivity index (χ0v) is 7.32. The molecule has 0 bridgehead atoms. The molecule has 2 N–H and O–H groups in total. The number of aliphatic hydroxyl groups excluding tert-OH is 1. The van der Waals surface area contributed by atoms with Crippen molar-refractivity contribution in [3.8, 4) is 0 Å². The third kappa shape index (κ3) is 2.32. The molecule has 1 rings (SSSR count). The molecule has 0 unspecified atom stereocenters. The van der Waals surface area contributed by atoms with Crippen LogP contribution in [0.4, 0.5) is 0 Å². The first-order valence-electron chi connectivity index (χ1n) is 4.20. The van der Waals surface area contributed by atoms with Crippen LogP contribution in [0, 0.1) is 0 Å². The summed E-state index contributed by atoms with van der Waals surface area (Å²) in [6.45, 7) is 4.54. The fourth-order valence-electron chi connectivity index (χ4n) is 1.09. The van der Waals surface area contributed by atoms with E-state index in [1.165, 1.54) is 0 Å². The highest BCUT2D eigenvalue weighted by atomic mass is 16.3. The molecule has 0 fully saturated rings. The number of aromatic nitrogens is 2. The van der Waals surface area contributed by atoms with Crippen molar-refractivity contribution in [1.82, 2.24) is 15.1 Å². The van der Waals surface area contributed by atoms with Crippen LogP contribution in [0.3, 0.4) is 0 Å². The first kappa shape index (κ1) is 9.22. The van der Waals surface area contributed by atoms with Gasteiger partial charge in [-0.05, 0) is 13.0 Å². The summed E-state index contributed by atoms with van der Waals surface area (Å²) in [7, 11) is 0. The molecule has 4 heteroatoms. The van der Waals surface area contributed by atoms with Gasteiger partial charge in [0.2, 0.25) is 0 Å². The molecule has 68 valence electrons. The largest absolute Gasteiger partial charge is 0.395 e. The van der Waals surface area contributed by atoms with Crippen molar-refractivity contribution in [2.45, 2.75) is 20.0 Å². The molecule has 0 aliphatic rings. The van der Waals surface area contributed by atoms with Gasteiger partial charge in [0.25, 0.3) is 0 Å². The van der Waals surface area contributed by atoms with Gasteiger partial charge in [-0.1, -0.05) is 0 Å². The van der Waals surface area contributed by atoms with Gasteiger partial charge in [-0.2, -0.15) is 5.10 Å². The summed E-state index contributed by atoms with van der Waals surface area (Å²) < 4.78 is 1.93. The maximum Gasteiger partial charge on any atom is 0.0556 e. The Morgan fingerprint density at radius 1 is 1.67 bits per heavy atom. The van der Waals surface area contributed by atoms with Gasteiger partial charge in [0.15, 0.2) is 0 Å². The van der Waals surface area contributed by atoms with Crippen LogP contribution in [0.15, 0.2) is 12.3 Å². The van der Waals surface area contributed by atoms with Gasteiger partial charge in [0.05, 0.1) is 12.3 Å². The highest BCUT2D eigenvalue weighted by molar-refractivity contribution is 4.99. The molecule has 0 saturated heterocycles. The standard InChI is InChI=1S/C8H15N3O/c1-2-11-8(3-4-10-11)7-9-5-6-12/h3-4,9,12H,2,5-7H2,1H3. The molecule has 1 aromatic rings. The van der Waals surface area contributed by atoms with E-state index in [2.05, 4.69) is 17.3 Å². The van der Waals surface area contributed by atoms with Crippen LogP contribution in [0.2, 0.25) is 0 Å². The molecule has 1 aromatic heterocycles. The van der Waals surface area contributed by atoms with Crippen molar-refractivity contribution in [2.24, 2.45) is 0 Å². The average molecular weight is 169 g/mol. The van der Waals surface area contributed by atoms with Gasteiger partial charge in [0, 0.05) is 25.8 Å². The lowest BCUT2D eigenvalue weighted by Gasteiger charge is -2.04. The Bertz CT molecular complexity index is 222. The molecule has 0 radical (unpaired) electrons. The average Bonchev–Trinajstić information content (AvgIpc) is 2.52. The van der Waals surface area contributed by atoms with E-state index >= 15 is 0 Å². The van der Waals surface area contributed by atoms with Crippen molar-refractivity contribution < 1.29 is 5.11 Å². The Morgan fingerprint density at radius 2 is 2.50 bits per heavy atom. The summed E-state index contributed by atoms with van der Waals surface area (Å²) in [5.74, 6) is 0. The predicted molar refractivity (Wildman–Crippen MR) is 46.7 cm³/mol. The lowest BCUT2D eigenvalue weighted by molar-refractivity contribution is 0.291. The Hall–Kier alpha value is -0.870. The number of hydrogen-bond acceptors (Lipinski definition) is 3. The molecule has 12 heavy (non-hydrogen) atoms. The Balaban J connectivity index is 2.39. The van der Waals surface area contributed by atoms with Crippen molar-refractivity contribution >= 4 is 0 Å². The lowest BCUT2D eigenvalue weighted by Crippen LogP contribution is -2.19. The molecular weight excluding hydrogens is 154 g/mol. The number of aryl methyl sites for hydroxylation is 1. The minimum Gasteiger partial charge on any atom is -0.395 e. The molecule has 0 aromatic carbocycles. The molecule has 1 heterocycles. The Morgan fingerprint density at radius 3 is 3.17 bits per heavy atom. The van der Waals surface area contributed by atoms with Gasteiger partial charge < -0.3 is 10.4 Å². The fourth-order valence-corrected chi connectivity index (χ4v) is 1.09. The third-order valence-electron chi connectivity index (χ3n) is 1.70. The van der Waals surface area contributed by atoms with Crippen molar-refractivity contribution in [3.63, 3.8) is 0 Å². The SMILES string of the molecule is CCn1nccc1CNCCO. The van der Waals surface area contributed by atoms with E-state index < -0.39 is 0 Å². The van der Waals surface area contributed by atoms with Gasteiger partial charge in [-0.15, -0.1) is 0 Å². The fraction of sp³-hybridized carbons (Fsp3) is 0.625. The second kappa shape index (κ2) is 4.90. The van der Waals surface area contributed by atoms with E-state index in [0.29, 0.717) is 6.54 Å². The van der Waals surface area contributed by atoms with E-state index in [0.717, 1.165) is 18.8 Å². The number of aliphatic hydroxyl groups is 1. The molecule has 0 saturated carbocycles. The molecule has 4 nitrogen and oxygen atoms in total. The zero-order chi connectivity index (χ0) is 8.81. The molecule has 0 atom stereocenters. The van der Waals surface area contributed by atoms with Crippen LogP contribution in [-0.4, -0.2) is 28.0 Å². The number of nitrogens with one attached hydrogen (secondary N) is 1. The van der Waals surface area contributed by atoms with Gasteiger partial charge in [-0.25, -0.2) is 0 Å². The minimum atomic E-state index is 0.181. The zero-order valence-electron chi connectivity index (χ0n) is 7.32. The van der Waals surface area contributed by atoms with E-state index in [4.69, 9.17) is 5.11 Å². The van der Waals surface area contributed by atoms with E-state index in [9.17, 15) is 0 Å². The molecule has 0 aliphatic heterocycles. The smallest absolute Gasteiger partial charge is 0.0556 e. The number of rotatable bonds is 5. The van der Waals surface area contributed by atoms with Crippen molar-refractivity contribution in [3.05, 3.63) is 18.0 Å². The predicted octanol–water partition coefficient (Wildman–Crippen LogP) is -0.0151. The monoisotopic (exact) mass is 169 g/mol. The maximum atomic E-state index is 8.54. The van der Waals surface area contributed by atoms with Crippen molar-refractivity contribution in [2.75, 3.05) is 13.2 Å². The summed E-state index contributed by atoms with van der Waals surface area (Å²) in [5, 5.41) is 15.8. The molecule has 0 amide bonds. The van der Waals surface area contributed by atoms with E-state index in [1.807, 2.05) is 10.7 Å². The first-order chi connectivity index (χ1) is 5.88.